The fourth-order valence-corrected chi connectivity index (χ4v) is 2.17. The molecule has 2 aromatic rings. The van der Waals surface area contributed by atoms with Gasteiger partial charge in [0.1, 0.15) is 5.82 Å². The summed E-state index contributed by atoms with van der Waals surface area (Å²) in [6, 6.07) is 14.0. The van der Waals surface area contributed by atoms with Crippen LogP contribution in [0.3, 0.4) is 0 Å². The molecule has 2 rings (SSSR count). The predicted molar refractivity (Wildman–Crippen MR) is 84.6 cm³/mol. The number of nitrogens with one attached hydrogen (secondary N) is 2. The van der Waals surface area contributed by atoms with Gasteiger partial charge < -0.3 is 5.32 Å². The molecule has 0 aliphatic heterocycles. The lowest BCUT2D eigenvalue weighted by Gasteiger charge is -2.18. The highest BCUT2D eigenvalue weighted by Crippen LogP contribution is 2.18. The van der Waals surface area contributed by atoms with Gasteiger partial charge in [0.25, 0.3) is 0 Å². The lowest BCUT2D eigenvalue weighted by molar-refractivity contribution is 0.668. The molecule has 1 aromatic heterocycles. The van der Waals surface area contributed by atoms with Crippen LogP contribution in [0.1, 0.15) is 37.8 Å². The van der Waals surface area contributed by atoms with Crippen LogP contribution < -0.4 is 5.32 Å². The van der Waals surface area contributed by atoms with Gasteiger partial charge in [-0.2, -0.15) is 0 Å². The smallest absolute Gasteiger partial charge is 0.135 e. The van der Waals surface area contributed by atoms with Crippen LogP contribution in [0.15, 0.2) is 48.7 Å². The van der Waals surface area contributed by atoms with E-state index in [2.05, 4.69) is 24.1 Å². The Labute approximate surface area is 120 Å². The van der Waals surface area contributed by atoms with E-state index in [4.69, 9.17) is 5.41 Å². The summed E-state index contributed by atoms with van der Waals surface area (Å²) in [5.74, 6) is 0.801. The van der Waals surface area contributed by atoms with Crippen molar-refractivity contribution in [3.8, 4) is 0 Å². The molecule has 3 heteroatoms. The zero-order valence-corrected chi connectivity index (χ0v) is 12.1. The van der Waals surface area contributed by atoms with Crippen molar-refractivity contribution in [1.82, 2.24) is 4.98 Å². The first-order valence-corrected chi connectivity index (χ1v) is 7.12. The Morgan fingerprint density at radius 2 is 1.80 bits per heavy atom. The van der Waals surface area contributed by atoms with E-state index in [0.29, 0.717) is 11.8 Å². The van der Waals surface area contributed by atoms with E-state index in [1.165, 1.54) is 0 Å². The molecule has 0 aliphatic rings. The molecule has 20 heavy (non-hydrogen) atoms. The maximum absolute atomic E-state index is 8.39. The Kier molecular flexibility index (Phi) is 4.88. The minimum atomic E-state index is 0.396. The number of rotatable bonds is 6. The van der Waals surface area contributed by atoms with Gasteiger partial charge >= 0.3 is 0 Å². The third-order valence-electron chi connectivity index (χ3n) is 3.47. The minimum absolute atomic E-state index is 0.396. The molecule has 0 unspecified atom stereocenters. The molecule has 104 valence electrons. The maximum atomic E-state index is 8.39. The van der Waals surface area contributed by atoms with Gasteiger partial charge in [0, 0.05) is 23.4 Å². The van der Waals surface area contributed by atoms with Crippen LogP contribution in [-0.4, -0.2) is 16.7 Å². The van der Waals surface area contributed by atoms with Gasteiger partial charge in [-0.25, -0.2) is 4.98 Å². The molecule has 0 amide bonds. The molecule has 2 N–H and O–H groups in total. The number of hydrogen-bond acceptors (Lipinski definition) is 3. The molecule has 0 atom stereocenters. The van der Waals surface area contributed by atoms with Crippen molar-refractivity contribution in [2.75, 3.05) is 5.32 Å². The molecule has 1 heterocycles. The zero-order valence-electron chi connectivity index (χ0n) is 12.1. The molecule has 0 fully saturated rings. The number of nitrogens with zero attached hydrogens (tertiary/aromatic N) is 1. The second-order valence-corrected chi connectivity index (χ2v) is 4.80. The average Bonchev–Trinajstić information content (AvgIpc) is 2.53. The van der Waals surface area contributed by atoms with Crippen LogP contribution in [0, 0.1) is 5.41 Å². The number of hydrogen-bond donors (Lipinski definition) is 2. The largest absolute Gasteiger partial charge is 0.367 e. The van der Waals surface area contributed by atoms with Crippen molar-refractivity contribution >= 4 is 11.5 Å². The van der Waals surface area contributed by atoms with Crippen LogP contribution in [0.5, 0.6) is 0 Å². The Hall–Kier alpha value is -2.16. The van der Waals surface area contributed by atoms with Gasteiger partial charge in [0.15, 0.2) is 0 Å². The first-order valence-electron chi connectivity index (χ1n) is 7.12. The topological polar surface area (TPSA) is 48.8 Å². The molecule has 1 aromatic carbocycles. The van der Waals surface area contributed by atoms with Gasteiger partial charge in [-0.1, -0.05) is 44.2 Å². The molecule has 0 saturated carbocycles. The molecule has 0 radical (unpaired) electrons. The maximum Gasteiger partial charge on any atom is 0.135 e. The summed E-state index contributed by atoms with van der Waals surface area (Å²) < 4.78 is 0. The molecule has 0 aliphatic carbocycles. The number of pyridine rings is 1. The van der Waals surface area contributed by atoms with Crippen LogP contribution >= 0.6 is 0 Å². The predicted octanol–water partition coefficient (Wildman–Crippen LogP) is 4.10. The third kappa shape index (κ3) is 3.23. The normalized spacial score (nSPS) is 10.6. The molecular formula is C17H21N3. The van der Waals surface area contributed by atoms with Crippen molar-refractivity contribution < 1.29 is 0 Å². The third-order valence-corrected chi connectivity index (χ3v) is 3.47. The van der Waals surface area contributed by atoms with E-state index < -0.39 is 0 Å². The number of anilines is 1. The summed E-state index contributed by atoms with van der Waals surface area (Å²) in [5, 5.41) is 11.8. The lowest BCUT2D eigenvalue weighted by Crippen LogP contribution is -2.20. The van der Waals surface area contributed by atoms with E-state index in [1.54, 1.807) is 6.20 Å². The fraction of sp³-hybridized carbons (Fsp3) is 0.294. The Morgan fingerprint density at radius 3 is 2.45 bits per heavy atom. The quantitative estimate of drug-likeness (QED) is 0.774. The van der Waals surface area contributed by atoms with Gasteiger partial charge in [-0.05, 0) is 25.0 Å². The second kappa shape index (κ2) is 6.85. The monoisotopic (exact) mass is 267 g/mol. The zero-order chi connectivity index (χ0) is 14.4. The molecule has 0 spiro atoms. The van der Waals surface area contributed by atoms with Crippen LogP contribution in [0.25, 0.3) is 0 Å². The molecule has 0 saturated heterocycles. The highest BCUT2D eigenvalue weighted by Gasteiger charge is 2.12. The molecule has 0 bridgehead atoms. The van der Waals surface area contributed by atoms with Crippen molar-refractivity contribution in [2.45, 2.75) is 32.7 Å². The summed E-state index contributed by atoms with van der Waals surface area (Å²) in [4.78, 5) is 4.41. The van der Waals surface area contributed by atoms with E-state index in [1.807, 2.05) is 42.5 Å². The fourth-order valence-electron chi connectivity index (χ4n) is 2.17. The molecule has 3 nitrogen and oxygen atoms in total. The van der Waals surface area contributed by atoms with E-state index >= 15 is 0 Å². The van der Waals surface area contributed by atoms with Crippen molar-refractivity contribution in [3.05, 3.63) is 59.8 Å². The summed E-state index contributed by atoms with van der Waals surface area (Å²) in [7, 11) is 0. The summed E-state index contributed by atoms with van der Waals surface area (Å²) >= 11 is 0. The van der Waals surface area contributed by atoms with Gasteiger partial charge in [0.05, 0.1) is 5.71 Å². The summed E-state index contributed by atoms with van der Waals surface area (Å²) in [6.45, 7) is 4.32. The van der Waals surface area contributed by atoms with Crippen LogP contribution in [0.2, 0.25) is 0 Å². The Bertz CT molecular complexity index is 559. The Morgan fingerprint density at radius 1 is 1.10 bits per heavy atom. The van der Waals surface area contributed by atoms with E-state index in [-0.39, 0.29) is 0 Å². The highest BCUT2D eigenvalue weighted by molar-refractivity contribution is 6.13. The van der Waals surface area contributed by atoms with Gasteiger partial charge in [-0.15, -0.1) is 0 Å². The first-order chi connectivity index (χ1) is 9.76. The van der Waals surface area contributed by atoms with Crippen molar-refractivity contribution in [3.63, 3.8) is 0 Å². The SMILES string of the molecule is CCC(CC)Nc1ncccc1C(=N)c1ccccc1. The number of aromatic nitrogens is 1. The lowest BCUT2D eigenvalue weighted by atomic mass is 10.0. The Balaban J connectivity index is 2.30. The minimum Gasteiger partial charge on any atom is -0.367 e. The average molecular weight is 267 g/mol. The molecular weight excluding hydrogens is 246 g/mol. The van der Waals surface area contributed by atoms with Crippen molar-refractivity contribution in [2.24, 2.45) is 0 Å². The number of benzene rings is 1. The van der Waals surface area contributed by atoms with Gasteiger partial charge in [-0.3, -0.25) is 5.41 Å². The van der Waals surface area contributed by atoms with E-state index in [0.717, 1.165) is 29.8 Å². The standard InChI is InChI=1S/C17H21N3/c1-3-14(4-2)20-17-15(11-8-12-19-17)16(18)13-9-6-5-7-10-13/h5-12,14,18H,3-4H2,1-2H3,(H,19,20). The van der Waals surface area contributed by atoms with Crippen LogP contribution in [-0.2, 0) is 0 Å². The summed E-state index contributed by atoms with van der Waals surface area (Å²) in [5.41, 5.74) is 2.27. The van der Waals surface area contributed by atoms with Crippen LogP contribution in [0.4, 0.5) is 5.82 Å². The van der Waals surface area contributed by atoms with Gasteiger partial charge in [0.2, 0.25) is 0 Å². The highest BCUT2D eigenvalue weighted by atomic mass is 15.0. The van der Waals surface area contributed by atoms with Crippen molar-refractivity contribution in [1.29, 1.82) is 5.41 Å². The first kappa shape index (κ1) is 14.3. The second-order valence-electron chi connectivity index (χ2n) is 4.80. The summed E-state index contributed by atoms with van der Waals surface area (Å²) in [6.07, 6.45) is 3.86. The van der Waals surface area contributed by atoms with E-state index in [9.17, 15) is 0 Å².